The van der Waals surface area contributed by atoms with Crippen molar-refractivity contribution < 1.29 is 4.79 Å². The van der Waals surface area contributed by atoms with E-state index in [1.54, 1.807) is 0 Å². The van der Waals surface area contributed by atoms with Gasteiger partial charge < -0.3 is 9.47 Å². The van der Waals surface area contributed by atoms with Crippen LogP contribution in [0.1, 0.15) is 58.8 Å². The number of hydrogen-bond donors (Lipinski definition) is 0. The monoisotopic (exact) mass is 303 g/mol. The summed E-state index contributed by atoms with van der Waals surface area (Å²) in [6.07, 6.45) is 13.8. The van der Waals surface area contributed by atoms with E-state index >= 15 is 0 Å². The second-order valence-corrected chi connectivity index (χ2v) is 7.10. The molecule has 1 saturated heterocycles. The molecule has 1 saturated carbocycles. The number of aryl methyl sites for hydroxylation is 1. The van der Waals surface area contributed by atoms with Gasteiger partial charge in [-0.25, -0.2) is 4.98 Å². The third kappa shape index (κ3) is 2.92. The Bertz CT molecular complexity index is 492. The molecule has 0 N–H and O–H groups in total. The van der Waals surface area contributed by atoms with Crippen molar-refractivity contribution in [3.63, 3.8) is 0 Å². The summed E-state index contributed by atoms with van der Waals surface area (Å²) in [7, 11) is 0. The van der Waals surface area contributed by atoms with E-state index in [9.17, 15) is 4.79 Å². The molecule has 0 spiro atoms. The molecular weight excluding hydrogens is 274 g/mol. The topological polar surface area (TPSA) is 38.1 Å². The molecule has 22 heavy (non-hydrogen) atoms. The molecule has 4 nitrogen and oxygen atoms in total. The quantitative estimate of drug-likeness (QED) is 0.807. The van der Waals surface area contributed by atoms with Crippen molar-refractivity contribution in [2.45, 2.75) is 71.4 Å². The molecule has 2 heterocycles. The Morgan fingerprint density at radius 1 is 1.32 bits per heavy atom. The highest BCUT2D eigenvalue weighted by molar-refractivity contribution is 5.83. The van der Waals surface area contributed by atoms with Crippen molar-refractivity contribution in [3.05, 3.63) is 18.7 Å². The number of rotatable bonds is 6. The van der Waals surface area contributed by atoms with E-state index in [0.29, 0.717) is 23.3 Å². The number of amides is 1. The number of carbonyl (C=O) groups is 1. The van der Waals surface area contributed by atoms with Crippen molar-refractivity contribution >= 4 is 5.91 Å². The van der Waals surface area contributed by atoms with Gasteiger partial charge >= 0.3 is 0 Å². The highest BCUT2D eigenvalue weighted by Gasteiger charge is 2.56. The van der Waals surface area contributed by atoms with Gasteiger partial charge in [0.15, 0.2) is 0 Å². The normalized spacial score (nSPS) is 26.9. The number of imidazole rings is 1. The molecule has 0 unspecified atom stereocenters. The zero-order chi connectivity index (χ0) is 15.6. The van der Waals surface area contributed by atoms with Crippen molar-refractivity contribution in [2.24, 2.45) is 11.3 Å². The molecule has 1 amide bonds. The minimum atomic E-state index is 0.302. The fraction of sp³-hybridized carbons (Fsp3) is 0.778. The Morgan fingerprint density at radius 2 is 2.14 bits per heavy atom. The number of carbonyl (C=O) groups excluding carboxylic acids is 1. The van der Waals surface area contributed by atoms with Gasteiger partial charge in [-0.1, -0.05) is 13.8 Å². The standard InChI is InChI=1S/C18H29N3O/c1-3-18(4-2)13-16(18)17(22)21-10-6-5-7-15(21)8-11-20-12-9-19-14-20/h9,12,14-16H,3-8,10-11,13H2,1-2H3/t15-,16+/m1/s1. The largest absolute Gasteiger partial charge is 0.339 e. The predicted octanol–water partition coefficient (Wildman–Crippen LogP) is 3.48. The molecule has 3 rings (SSSR count). The molecule has 0 radical (unpaired) electrons. The number of hydrogen-bond acceptors (Lipinski definition) is 2. The third-order valence-corrected chi connectivity index (χ3v) is 6.09. The van der Waals surface area contributed by atoms with E-state index in [0.717, 1.165) is 38.8 Å². The Morgan fingerprint density at radius 3 is 2.77 bits per heavy atom. The number of piperidine rings is 1. The van der Waals surface area contributed by atoms with Crippen LogP contribution >= 0.6 is 0 Å². The molecule has 0 aromatic carbocycles. The van der Waals surface area contributed by atoms with Gasteiger partial charge in [0, 0.05) is 37.4 Å². The number of aromatic nitrogens is 2. The van der Waals surface area contributed by atoms with Gasteiger partial charge in [0.05, 0.1) is 6.33 Å². The summed E-state index contributed by atoms with van der Waals surface area (Å²) in [6.45, 7) is 6.41. The van der Waals surface area contributed by atoms with Gasteiger partial charge in [-0.2, -0.15) is 0 Å². The van der Waals surface area contributed by atoms with E-state index in [1.807, 2.05) is 18.7 Å². The van der Waals surface area contributed by atoms with Crippen molar-refractivity contribution in [1.29, 1.82) is 0 Å². The molecule has 2 fully saturated rings. The molecule has 4 heteroatoms. The van der Waals surface area contributed by atoms with E-state index in [2.05, 4.69) is 28.3 Å². The fourth-order valence-corrected chi connectivity index (χ4v) is 4.24. The van der Waals surface area contributed by atoms with Crippen LogP contribution in [0.15, 0.2) is 18.7 Å². The lowest BCUT2D eigenvalue weighted by atomic mass is 9.94. The fourth-order valence-electron chi connectivity index (χ4n) is 4.24. The number of likely N-dealkylation sites (tertiary alicyclic amines) is 1. The van der Waals surface area contributed by atoms with Crippen molar-refractivity contribution in [2.75, 3.05) is 6.54 Å². The first-order chi connectivity index (χ1) is 10.7. The van der Waals surface area contributed by atoms with Gasteiger partial charge in [-0.3, -0.25) is 4.79 Å². The summed E-state index contributed by atoms with van der Waals surface area (Å²) in [4.78, 5) is 19.3. The summed E-state index contributed by atoms with van der Waals surface area (Å²) in [5, 5.41) is 0. The van der Waals surface area contributed by atoms with Crippen LogP contribution in [0.3, 0.4) is 0 Å². The predicted molar refractivity (Wildman–Crippen MR) is 87.3 cm³/mol. The maximum atomic E-state index is 13.0. The smallest absolute Gasteiger partial charge is 0.226 e. The Balaban J connectivity index is 1.61. The van der Waals surface area contributed by atoms with Gasteiger partial charge in [0.2, 0.25) is 5.91 Å². The van der Waals surface area contributed by atoms with Crippen LogP contribution < -0.4 is 0 Å². The summed E-state index contributed by atoms with van der Waals surface area (Å²) in [6, 6.07) is 0.427. The highest BCUT2D eigenvalue weighted by Crippen LogP contribution is 2.58. The second-order valence-electron chi connectivity index (χ2n) is 7.10. The van der Waals surface area contributed by atoms with Crippen LogP contribution in [-0.2, 0) is 11.3 Å². The molecule has 122 valence electrons. The lowest BCUT2D eigenvalue weighted by molar-refractivity contribution is -0.137. The zero-order valence-corrected chi connectivity index (χ0v) is 14.0. The van der Waals surface area contributed by atoms with Crippen LogP contribution in [0.4, 0.5) is 0 Å². The maximum absolute atomic E-state index is 13.0. The third-order valence-electron chi connectivity index (χ3n) is 6.09. The first-order valence-corrected chi connectivity index (χ1v) is 8.96. The molecule has 2 aliphatic rings. The van der Waals surface area contributed by atoms with Crippen LogP contribution in [0.2, 0.25) is 0 Å². The maximum Gasteiger partial charge on any atom is 0.226 e. The Labute approximate surface area is 133 Å². The summed E-state index contributed by atoms with van der Waals surface area (Å²) < 4.78 is 2.12. The van der Waals surface area contributed by atoms with Crippen LogP contribution in [-0.4, -0.2) is 32.9 Å². The molecular formula is C18H29N3O. The lowest BCUT2D eigenvalue weighted by Crippen LogP contribution is -2.45. The van der Waals surface area contributed by atoms with E-state index in [-0.39, 0.29) is 0 Å². The zero-order valence-electron chi connectivity index (χ0n) is 14.0. The average molecular weight is 303 g/mol. The molecule has 1 aliphatic heterocycles. The lowest BCUT2D eigenvalue weighted by Gasteiger charge is -2.36. The van der Waals surface area contributed by atoms with Crippen LogP contribution in [0, 0.1) is 11.3 Å². The van der Waals surface area contributed by atoms with Gasteiger partial charge in [0.1, 0.15) is 0 Å². The minimum Gasteiger partial charge on any atom is -0.339 e. The van der Waals surface area contributed by atoms with Gasteiger partial charge in [-0.15, -0.1) is 0 Å². The second kappa shape index (κ2) is 6.43. The Kier molecular flexibility index (Phi) is 4.55. The summed E-state index contributed by atoms with van der Waals surface area (Å²) in [5.74, 6) is 0.746. The number of nitrogens with zero attached hydrogens (tertiary/aromatic N) is 3. The summed E-state index contributed by atoms with van der Waals surface area (Å²) >= 11 is 0. The molecule has 2 atom stereocenters. The molecule has 1 aliphatic carbocycles. The first kappa shape index (κ1) is 15.6. The van der Waals surface area contributed by atoms with Crippen LogP contribution in [0.25, 0.3) is 0 Å². The van der Waals surface area contributed by atoms with Crippen molar-refractivity contribution in [1.82, 2.24) is 14.5 Å². The first-order valence-electron chi connectivity index (χ1n) is 8.96. The molecule has 0 bridgehead atoms. The van der Waals surface area contributed by atoms with Gasteiger partial charge in [-0.05, 0) is 50.4 Å². The average Bonchev–Trinajstić information content (AvgIpc) is 3.07. The van der Waals surface area contributed by atoms with E-state index in [1.165, 1.54) is 19.3 Å². The van der Waals surface area contributed by atoms with Gasteiger partial charge in [0.25, 0.3) is 0 Å². The van der Waals surface area contributed by atoms with E-state index in [4.69, 9.17) is 0 Å². The van der Waals surface area contributed by atoms with Crippen molar-refractivity contribution in [3.8, 4) is 0 Å². The molecule has 1 aromatic heterocycles. The molecule has 1 aromatic rings. The van der Waals surface area contributed by atoms with E-state index < -0.39 is 0 Å². The SMILES string of the molecule is CCC1(CC)C[C@H]1C(=O)N1CCCC[C@@H]1CCn1ccnc1. The highest BCUT2D eigenvalue weighted by atomic mass is 16.2. The summed E-state index contributed by atoms with van der Waals surface area (Å²) in [5.41, 5.74) is 0.323. The van der Waals surface area contributed by atoms with Crippen LogP contribution in [0.5, 0.6) is 0 Å². The minimum absolute atomic E-state index is 0.302. The Hall–Kier alpha value is -1.32.